The SMILES string of the molecule is O=C(O)Cc1ccc(NC(=O)C2CC3CCC2O3)cc1F. The molecule has 2 aliphatic rings. The lowest BCUT2D eigenvalue weighted by molar-refractivity contribution is -0.136. The van der Waals surface area contributed by atoms with Crippen LogP contribution in [0, 0.1) is 11.7 Å². The third kappa shape index (κ3) is 2.90. The molecule has 0 spiro atoms. The highest BCUT2D eigenvalue weighted by atomic mass is 19.1. The molecule has 3 rings (SSSR count). The molecule has 21 heavy (non-hydrogen) atoms. The van der Waals surface area contributed by atoms with Gasteiger partial charge >= 0.3 is 5.97 Å². The van der Waals surface area contributed by atoms with E-state index in [-0.39, 0.29) is 36.0 Å². The van der Waals surface area contributed by atoms with Crippen molar-refractivity contribution in [2.24, 2.45) is 5.92 Å². The summed E-state index contributed by atoms with van der Waals surface area (Å²) < 4.78 is 19.4. The number of anilines is 1. The van der Waals surface area contributed by atoms with Gasteiger partial charge in [0.15, 0.2) is 0 Å². The number of carbonyl (C=O) groups excluding carboxylic acids is 1. The van der Waals surface area contributed by atoms with Crippen molar-refractivity contribution in [1.82, 2.24) is 0 Å². The Kier molecular flexibility index (Phi) is 3.63. The summed E-state index contributed by atoms with van der Waals surface area (Å²) in [4.78, 5) is 22.8. The highest BCUT2D eigenvalue weighted by Gasteiger charge is 2.44. The largest absolute Gasteiger partial charge is 0.481 e. The first-order valence-electron chi connectivity index (χ1n) is 6.99. The van der Waals surface area contributed by atoms with E-state index in [9.17, 15) is 14.0 Å². The van der Waals surface area contributed by atoms with Crippen LogP contribution >= 0.6 is 0 Å². The molecule has 0 radical (unpaired) electrons. The summed E-state index contributed by atoms with van der Waals surface area (Å²) in [6, 6.07) is 4.06. The Bertz CT molecular complexity index is 589. The van der Waals surface area contributed by atoms with Crippen molar-refractivity contribution < 1.29 is 23.8 Å². The fourth-order valence-corrected chi connectivity index (χ4v) is 3.08. The zero-order chi connectivity index (χ0) is 15.0. The minimum absolute atomic E-state index is 0.0221. The number of benzene rings is 1. The van der Waals surface area contributed by atoms with Crippen molar-refractivity contribution in [1.29, 1.82) is 0 Å². The van der Waals surface area contributed by atoms with Gasteiger partial charge in [0, 0.05) is 5.69 Å². The maximum atomic E-state index is 13.7. The van der Waals surface area contributed by atoms with Gasteiger partial charge in [-0.25, -0.2) is 4.39 Å². The summed E-state index contributed by atoms with van der Waals surface area (Å²) >= 11 is 0. The third-order valence-corrected chi connectivity index (χ3v) is 4.11. The van der Waals surface area contributed by atoms with Gasteiger partial charge in [-0.05, 0) is 37.0 Å². The number of carboxylic acid groups (broad SMARTS) is 1. The van der Waals surface area contributed by atoms with Gasteiger partial charge in [0.1, 0.15) is 5.82 Å². The number of amides is 1. The molecule has 1 amide bonds. The molecule has 6 heteroatoms. The molecule has 1 aromatic rings. The smallest absolute Gasteiger partial charge is 0.307 e. The van der Waals surface area contributed by atoms with Gasteiger partial charge in [0.05, 0.1) is 24.5 Å². The number of hydrogen-bond acceptors (Lipinski definition) is 3. The standard InChI is InChI=1S/C15H16FNO4/c16-12-6-9(2-1-8(12)5-14(18)19)17-15(20)11-7-10-3-4-13(11)21-10/h1-2,6,10-11,13H,3-5,7H2,(H,17,20)(H,18,19). The lowest BCUT2D eigenvalue weighted by Crippen LogP contribution is -2.30. The summed E-state index contributed by atoms with van der Waals surface area (Å²) in [6.07, 6.45) is 2.41. The van der Waals surface area contributed by atoms with Crippen molar-refractivity contribution in [3.05, 3.63) is 29.6 Å². The van der Waals surface area contributed by atoms with Crippen LogP contribution in [-0.4, -0.2) is 29.2 Å². The van der Waals surface area contributed by atoms with Crippen LogP contribution in [0.1, 0.15) is 24.8 Å². The van der Waals surface area contributed by atoms with Crippen LogP contribution in [0.25, 0.3) is 0 Å². The molecule has 0 aliphatic carbocycles. The molecule has 2 fully saturated rings. The number of nitrogens with one attached hydrogen (secondary N) is 1. The summed E-state index contributed by atoms with van der Waals surface area (Å²) in [5.74, 6) is -2.05. The second-order valence-corrected chi connectivity index (χ2v) is 5.58. The number of ether oxygens (including phenoxy) is 1. The molecule has 5 nitrogen and oxygen atoms in total. The molecule has 0 saturated carbocycles. The number of fused-ring (bicyclic) bond motifs is 2. The fraction of sp³-hybridized carbons (Fsp3) is 0.467. The molecule has 2 saturated heterocycles. The molecule has 2 aliphatic heterocycles. The highest BCUT2D eigenvalue weighted by molar-refractivity contribution is 5.93. The lowest BCUT2D eigenvalue weighted by Gasteiger charge is -2.18. The number of hydrogen-bond donors (Lipinski definition) is 2. The summed E-state index contributed by atoms with van der Waals surface area (Å²) in [5.41, 5.74) is 0.443. The van der Waals surface area contributed by atoms with Gasteiger partial charge in [-0.1, -0.05) is 6.07 Å². The van der Waals surface area contributed by atoms with E-state index in [4.69, 9.17) is 9.84 Å². The second-order valence-electron chi connectivity index (χ2n) is 5.58. The molecule has 1 aromatic carbocycles. The van der Waals surface area contributed by atoms with Gasteiger partial charge in [0.2, 0.25) is 5.91 Å². The minimum Gasteiger partial charge on any atom is -0.481 e. The van der Waals surface area contributed by atoms with E-state index in [0.29, 0.717) is 5.69 Å². The number of carboxylic acids is 1. The van der Waals surface area contributed by atoms with Crippen molar-refractivity contribution in [3.8, 4) is 0 Å². The van der Waals surface area contributed by atoms with Crippen LogP contribution < -0.4 is 5.32 Å². The van der Waals surface area contributed by atoms with Crippen LogP contribution in [0.2, 0.25) is 0 Å². The lowest BCUT2D eigenvalue weighted by atomic mass is 9.88. The normalized spacial score (nSPS) is 26.8. The minimum atomic E-state index is -1.09. The van der Waals surface area contributed by atoms with Crippen LogP contribution in [-0.2, 0) is 20.7 Å². The maximum absolute atomic E-state index is 13.7. The molecule has 112 valence electrons. The second kappa shape index (κ2) is 5.44. The molecule has 0 aromatic heterocycles. The highest BCUT2D eigenvalue weighted by Crippen LogP contribution is 2.39. The molecular formula is C15H16FNO4. The number of carbonyl (C=O) groups is 2. The molecule has 3 atom stereocenters. The van der Waals surface area contributed by atoms with Crippen LogP contribution in [0.5, 0.6) is 0 Å². The van der Waals surface area contributed by atoms with Crippen molar-refractivity contribution in [3.63, 3.8) is 0 Å². The third-order valence-electron chi connectivity index (χ3n) is 4.11. The fourth-order valence-electron chi connectivity index (χ4n) is 3.08. The van der Waals surface area contributed by atoms with Crippen LogP contribution in [0.15, 0.2) is 18.2 Å². The van der Waals surface area contributed by atoms with Gasteiger partial charge in [-0.2, -0.15) is 0 Å². The zero-order valence-corrected chi connectivity index (χ0v) is 11.3. The van der Waals surface area contributed by atoms with Crippen molar-refractivity contribution >= 4 is 17.6 Å². The van der Waals surface area contributed by atoms with E-state index < -0.39 is 11.8 Å². The van der Waals surface area contributed by atoms with Gasteiger partial charge < -0.3 is 15.2 Å². The Morgan fingerprint density at radius 1 is 1.38 bits per heavy atom. The van der Waals surface area contributed by atoms with Crippen LogP contribution in [0.3, 0.4) is 0 Å². The maximum Gasteiger partial charge on any atom is 0.307 e. The molecule has 2 heterocycles. The van der Waals surface area contributed by atoms with Crippen molar-refractivity contribution in [2.75, 3.05) is 5.32 Å². The first-order valence-corrected chi connectivity index (χ1v) is 6.99. The average Bonchev–Trinajstić information content (AvgIpc) is 3.04. The van der Waals surface area contributed by atoms with E-state index in [1.165, 1.54) is 12.1 Å². The Labute approximate surface area is 121 Å². The molecule has 2 N–H and O–H groups in total. The molecule has 3 unspecified atom stereocenters. The summed E-state index contributed by atoms with van der Waals surface area (Å²) in [6.45, 7) is 0. The van der Waals surface area contributed by atoms with E-state index in [1.807, 2.05) is 0 Å². The van der Waals surface area contributed by atoms with Crippen LogP contribution in [0.4, 0.5) is 10.1 Å². The predicted molar refractivity (Wildman–Crippen MR) is 72.4 cm³/mol. The van der Waals surface area contributed by atoms with E-state index in [2.05, 4.69) is 5.32 Å². The van der Waals surface area contributed by atoms with Crippen molar-refractivity contribution in [2.45, 2.75) is 37.9 Å². The quantitative estimate of drug-likeness (QED) is 0.889. The Morgan fingerprint density at radius 2 is 2.19 bits per heavy atom. The zero-order valence-electron chi connectivity index (χ0n) is 11.3. The number of rotatable bonds is 4. The van der Waals surface area contributed by atoms with E-state index in [1.54, 1.807) is 0 Å². The molecular weight excluding hydrogens is 277 g/mol. The average molecular weight is 293 g/mol. The van der Waals surface area contributed by atoms with Gasteiger partial charge in [0.25, 0.3) is 0 Å². The first kappa shape index (κ1) is 14.0. The van der Waals surface area contributed by atoms with E-state index >= 15 is 0 Å². The Balaban J connectivity index is 1.66. The number of aliphatic carboxylic acids is 1. The molecule has 2 bridgehead atoms. The number of halogens is 1. The predicted octanol–water partition coefficient (Wildman–Crippen LogP) is 1.96. The Morgan fingerprint density at radius 3 is 2.76 bits per heavy atom. The summed E-state index contributed by atoms with van der Waals surface area (Å²) in [7, 11) is 0. The van der Waals surface area contributed by atoms with Gasteiger partial charge in [-0.3, -0.25) is 9.59 Å². The monoisotopic (exact) mass is 293 g/mol. The Hall–Kier alpha value is -1.95. The van der Waals surface area contributed by atoms with Gasteiger partial charge in [-0.15, -0.1) is 0 Å². The first-order chi connectivity index (χ1) is 10.0. The topological polar surface area (TPSA) is 75.6 Å². The van der Waals surface area contributed by atoms with E-state index in [0.717, 1.165) is 25.3 Å². The summed E-state index contributed by atoms with van der Waals surface area (Å²) in [5, 5.41) is 11.3.